The van der Waals surface area contributed by atoms with Crippen molar-refractivity contribution in [1.29, 1.82) is 0 Å². The molecular formula is C20H26N10. The molecule has 4 aromatic heterocycles. The molecule has 0 spiro atoms. The molecule has 0 aliphatic carbocycles. The summed E-state index contributed by atoms with van der Waals surface area (Å²) in [6.07, 6.45) is 7.23. The van der Waals surface area contributed by atoms with E-state index < -0.39 is 0 Å². The molecule has 0 saturated heterocycles. The van der Waals surface area contributed by atoms with Gasteiger partial charge in [0.2, 0.25) is 5.95 Å². The molecular weight excluding hydrogens is 380 g/mol. The second-order valence-electron chi connectivity index (χ2n) is 8.09. The van der Waals surface area contributed by atoms with E-state index in [9.17, 15) is 0 Å². The minimum atomic E-state index is 0.231. The number of anilines is 1. The molecule has 0 aromatic carbocycles. The van der Waals surface area contributed by atoms with Crippen LogP contribution in [0.5, 0.6) is 0 Å². The Labute approximate surface area is 174 Å². The minimum absolute atomic E-state index is 0.231. The van der Waals surface area contributed by atoms with Crippen LogP contribution >= 0.6 is 0 Å². The van der Waals surface area contributed by atoms with Crippen LogP contribution in [0.2, 0.25) is 0 Å². The largest absolute Gasteiger partial charge is 0.364 e. The van der Waals surface area contributed by atoms with Gasteiger partial charge in [-0.3, -0.25) is 9.13 Å². The van der Waals surface area contributed by atoms with E-state index in [4.69, 9.17) is 4.98 Å². The van der Waals surface area contributed by atoms with Gasteiger partial charge in [-0.05, 0) is 20.3 Å². The molecule has 0 fully saturated rings. The zero-order valence-corrected chi connectivity index (χ0v) is 17.7. The molecule has 5 rings (SSSR count). The average molecular weight is 406 g/mol. The highest BCUT2D eigenvalue weighted by Gasteiger charge is 2.25. The second kappa shape index (κ2) is 7.19. The first-order valence-corrected chi connectivity index (χ1v) is 10.5. The number of rotatable bonds is 5. The predicted molar refractivity (Wildman–Crippen MR) is 113 cm³/mol. The Morgan fingerprint density at radius 2 is 2.07 bits per heavy atom. The fourth-order valence-electron chi connectivity index (χ4n) is 4.14. The van der Waals surface area contributed by atoms with Crippen LogP contribution in [0.25, 0.3) is 17.1 Å². The van der Waals surface area contributed by atoms with Gasteiger partial charge in [-0.1, -0.05) is 13.8 Å². The van der Waals surface area contributed by atoms with E-state index in [1.165, 1.54) is 0 Å². The van der Waals surface area contributed by atoms with Crippen LogP contribution in [0, 0.1) is 6.92 Å². The minimum Gasteiger partial charge on any atom is -0.364 e. The highest BCUT2D eigenvalue weighted by Crippen LogP contribution is 2.26. The number of fused-ring (bicyclic) bond motifs is 2. The lowest BCUT2D eigenvalue weighted by Gasteiger charge is -2.26. The normalized spacial score (nSPS) is 16.4. The van der Waals surface area contributed by atoms with Crippen molar-refractivity contribution in [3.05, 3.63) is 36.2 Å². The first-order valence-electron chi connectivity index (χ1n) is 10.5. The highest BCUT2D eigenvalue weighted by molar-refractivity contribution is 5.84. The molecule has 1 atom stereocenters. The summed E-state index contributed by atoms with van der Waals surface area (Å²) >= 11 is 0. The van der Waals surface area contributed by atoms with Crippen LogP contribution in [-0.2, 0) is 19.5 Å². The van der Waals surface area contributed by atoms with E-state index in [2.05, 4.69) is 60.4 Å². The average Bonchev–Trinajstić information content (AvgIpc) is 3.43. The molecule has 10 nitrogen and oxygen atoms in total. The Hall–Kier alpha value is -3.30. The van der Waals surface area contributed by atoms with Gasteiger partial charge in [0.15, 0.2) is 17.0 Å². The lowest BCUT2D eigenvalue weighted by atomic mass is 10.1. The maximum atomic E-state index is 4.88. The van der Waals surface area contributed by atoms with E-state index >= 15 is 0 Å². The molecule has 1 N–H and O–H groups in total. The number of imidazole rings is 2. The van der Waals surface area contributed by atoms with Gasteiger partial charge in [0.05, 0.1) is 5.69 Å². The molecule has 156 valence electrons. The number of hydrogen-bond donors (Lipinski definition) is 1. The van der Waals surface area contributed by atoms with Crippen molar-refractivity contribution in [2.24, 2.45) is 0 Å². The maximum absolute atomic E-state index is 4.88. The lowest BCUT2D eigenvalue weighted by molar-refractivity contribution is 0.459. The van der Waals surface area contributed by atoms with Gasteiger partial charge in [0.25, 0.3) is 0 Å². The molecule has 1 unspecified atom stereocenters. The van der Waals surface area contributed by atoms with Crippen LogP contribution in [0.4, 0.5) is 5.82 Å². The number of nitrogens with zero attached hydrogens (tertiary/aromatic N) is 9. The van der Waals surface area contributed by atoms with Crippen molar-refractivity contribution in [2.45, 2.75) is 65.6 Å². The molecule has 5 heterocycles. The van der Waals surface area contributed by atoms with Crippen molar-refractivity contribution >= 4 is 17.0 Å². The number of aromatic nitrogens is 9. The Kier molecular flexibility index (Phi) is 4.48. The predicted octanol–water partition coefficient (Wildman–Crippen LogP) is 2.48. The Bertz CT molecular complexity index is 1200. The van der Waals surface area contributed by atoms with E-state index in [1.54, 1.807) is 12.7 Å². The van der Waals surface area contributed by atoms with E-state index in [1.807, 2.05) is 17.7 Å². The van der Waals surface area contributed by atoms with Gasteiger partial charge in [-0.2, -0.15) is 0 Å². The Morgan fingerprint density at radius 3 is 2.80 bits per heavy atom. The smallest absolute Gasteiger partial charge is 0.217 e. The van der Waals surface area contributed by atoms with Gasteiger partial charge in [0.1, 0.15) is 24.3 Å². The highest BCUT2D eigenvalue weighted by atomic mass is 15.3. The van der Waals surface area contributed by atoms with Crippen molar-refractivity contribution in [3.63, 3.8) is 0 Å². The summed E-state index contributed by atoms with van der Waals surface area (Å²) in [5.74, 6) is 4.01. The first-order chi connectivity index (χ1) is 14.5. The number of hydrogen-bond acceptors (Lipinski definition) is 7. The zero-order valence-electron chi connectivity index (χ0n) is 17.7. The topological polar surface area (TPSA) is 104 Å². The summed E-state index contributed by atoms with van der Waals surface area (Å²) in [4.78, 5) is 18.3. The summed E-state index contributed by atoms with van der Waals surface area (Å²) in [6, 6.07) is 0.231. The van der Waals surface area contributed by atoms with Crippen molar-refractivity contribution in [2.75, 3.05) is 5.32 Å². The van der Waals surface area contributed by atoms with Crippen LogP contribution in [0.1, 0.15) is 50.5 Å². The van der Waals surface area contributed by atoms with Gasteiger partial charge < -0.3 is 9.88 Å². The van der Waals surface area contributed by atoms with Crippen molar-refractivity contribution < 1.29 is 0 Å². The van der Waals surface area contributed by atoms with Crippen molar-refractivity contribution in [1.82, 2.24) is 43.8 Å². The monoisotopic (exact) mass is 406 g/mol. The molecule has 30 heavy (non-hydrogen) atoms. The molecule has 0 saturated carbocycles. The number of nitrogens with one attached hydrogen (secondary N) is 1. The van der Waals surface area contributed by atoms with Crippen LogP contribution in [-0.4, -0.2) is 49.9 Å². The Morgan fingerprint density at radius 1 is 1.20 bits per heavy atom. The van der Waals surface area contributed by atoms with Crippen molar-refractivity contribution in [3.8, 4) is 5.95 Å². The fraction of sp³-hybridized carbons (Fsp3) is 0.500. The first kappa shape index (κ1) is 18.7. The molecule has 1 aliphatic rings. The van der Waals surface area contributed by atoms with Gasteiger partial charge in [-0.25, -0.2) is 19.9 Å². The zero-order chi connectivity index (χ0) is 20.8. The molecule has 4 aromatic rings. The van der Waals surface area contributed by atoms with Crippen LogP contribution in [0.3, 0.4) is 0 Å². The summed E-state index contributed by atoms with van der Waals surface area (Å²) < 4.78 is 6.26. The molecule has 1 aliphatic heterocycles. The lowest BCUT2D eigenvalue weighted by Crippen LogP contribution is -2.32. The second-order valence-corrected chi connectivity index (χ2v) is 8.09. The Balaban J connectivity index is 1.49. The standard InChI is InChI=1S/C20H26N10/c1-5-29-19-16(25-20(29)28-8-13(4)23-11-28)17(21-10-22-19)24-14-6-7-15-26-27-18(12(2)3)30(15)9-14/h8,10-12,14H,5-7,9H2,1-4H3,(H,21,22,24). The maximum Gasteiger partial charge on any atom is 0.217 e. The van der Waals surface area contributed by atoms with Gasteiger partial charge >= 0.3 is 0 Å². The van der Waals surface area contributed by atoms with E-state index in [-0.39, 0.29) is 6.04 Å². The molecule has 0 amide bonds. The van der Waals surface area contributed by atoms with Gasteiger partial charge in [-0.15, -0.1) is 10.2 Å². The SMILES string of the molecule is CCn1c(-n2cnc(C)c2)nc2c(NC3CCc4nnc(C(C)C)n4C3)ncnc21. The summed E-state index contributed by atoms with van der Waals surface area (Å²) in [6.45, 7) is 9.94. The number of aryl methyl sites for hydroxylation is 3. The molecule has 0 bridgehead atoms. The van der Waals surface area contributed by atoms with Crippen LogP contribution < -0.4 is 5.32 Å². The summed E-state index contributed by atoms with van der Waals surface area (Å²) in [7, 11) is 0. The van der Waals surface area contributed by atoms with E-state index in [0.29, 0.717) is 5.92 Å². The van der Waals surface area contributed by atoms with E-state index in [0.717, 1.165) is 66.2 Å². The summed E-state index contributed by atoms with van der Waals surface area (Å²) in [5.41, 5.74) is 2.54. The van der Waals surface area contributed by atoms with Crippen LogP contribution in [0.15, 0.2) is 18.9 Å². The third kappa shape index (κ3) is 3.03. The third-order valence-corrected chi connectivity index (χ3v) is 5.60. The van der Waals surface area contributed by atoms with Gasteiger partial charge in [0, 0.05) is 37.7 Å². The molecule has 10 heteroatoms. The summed E-state index contributed by atoms with van der Waals surface area (Å²) in [5, 5.41) is 12.4. The third-order valence-electron chi connectivity index (χ3n) is 5.60. The fourth-order valence-corrected chi connectivity index (χ4v) is 4.14. The quantitative estimate of drug-likeness (QED) is 0.543. The molecule has 0 radical (unpaired) electrons.